The SMILES string of the molecule is C[C@@H]1CCc2c(sc3nc(/C(Cl)=C/c4ccsc4)[nH]c(=O)c23)C1. The predicted octanol–water partition coefficient (Wildman–Crippen LogP) is 4.91. The molecular weight excluding hydrogens is 348 g/mol. The van der Waals surface area contributed by atoms with Gasteiger partial charge in [-0.1, -0.05) is 18.5 Å². The van der Waals surface area contributed by atoms with Crippen LogP contribution in [0, 0.1) is 5.92 Å². The molecule has 1 N–H and O–H groups in total. The zero-order chi connectivity index (χ0) is 16.0. The Hall–Kier alpha value is -1.43. The zero-order valence-electron chi connectivity index (χ0n) is 12.6. The summed E-state index contributed by atoms with van der Waals surface area (Å²) >= 11 is 9.61. The molecule has 0 aliphatic heterocycles. The summed E-state index contributed by atoms with van der Waals surface area (Å²) in [6.07, 6.45) is 4.99. The summed E-state index contributed by atoms with van der Waals surface area (Å²) in [7, 11) is 0. The molecule has 3 nitrogen and oxygen atoms in total. The van der Waals surface area contributed by atoms with Gasteiger partial charge in [-0.05, 0) is 59.2 Å². The van der Waals surface area contributed by atoms with Crippen molar-refractivity contribution in [3.63, 3.8) is 0 Å². The van der Waals surface area contributed by atoms with Gasteiger partial charge in [0.2, 0.25) is 0 Å². The second kappa shape index (κ2) is 5.89. The summed E-state index contributed by atoms with van der Waals surface area (Å²) in [6.45, 7) is 2.26. The number of nitrogens with zero attached hydrogens (tertiary/aromatic N) is 1. The number of aromatic nitrogens is 2. The van der Waals surface area contributed by atoms with Crippen molar-refractivity contribution in [2.24, 2.45) is 5.92 Å². The first-order chi connectivity index (χ1) is 11.1. The van der Waals surface area contributed by atoms with Crippen molar-refractivity contribution in [1.29, 1.82) is 0 Å². The lowest BCUT2D eigenvalue weighted by molar-refractivity contribution is 0.509. The maximum absolute atomic E-state index is 12.5. The molecule has 0 aromatic carbocycles. The molecule has 0 amide bonds. The minimum Gasteiger partial charge on any atom is -0.305 e. The van der Waals surface area contributed by atoms with Gasteiger partial charge in [-0.25, -0.2) is 4.98 Å². The van der Waals surface area contributed by atoms with Crippen LogP contribution in [0.2, 0.25) is 0 Å². The third-order valence-electron chi connectivity index (χ3n) is 4.23. The van der Waals surface area contributed by atoms with E-state index in [1.54, 1.807) is 22.7 Å². The molecule has 4 rings (SSSR count). The highest BCUT2D eigenvalue weighted by Crippen LogP contribution is 2.36. The Morgan fingerprint density at radius 2 is 2.39 bits per heavy atom. The molecule has 0 radical (unpaired) electrons. The summed E-state index contributed by atoms with van der Waals surface area (Å²) in [4.78, 5) is 22.1. The van der Waals surface area contributed by atoms with Gasteiger partial charge in [0.25, 0.3) is 5.56 Å². The van der Waals surface area contributed by atoms with Crippen LogP contribution in [0.4, 0.5) is 0 Å². The van der Waals surface area contributed by atoms with Crippen molar-refractivity contribution >= 4 is 55.6 Å². The Bertz CT molecular complexity index is 953. The third kappa shape index (κ3) is 2.77. The molecule has 118 valence electrons. The predicted molar refractivity (Wildman–Crippen MR) is 99.5 cm³/mol. The van der Waals surface area contributed by atoms with Gasteiger partial charge in [0.15, 0.2) is 5.82 Å². The van der Waals surface area contributed by atoms with E-state index < -0.39 is 0 Å². The van der Waals surface area contributed by atoms with Gasteiger partial charge in [0.1, 0.15) is 4.83 Å². The van der Waals surface area contributed by atoms with E-state index in [9.17, 15) is 4.79 Å². The summed E-state index contributed by atoms with van der Waals surface area (Å²) in [5.74, 6) is 1.12. The lowest BCUT2D eigenvalue weighted by Crippen LogP contribution is -2.14. The van der Waals surface area contributed by atoms with E-state index in [0.717, 1.165) is 35.0 Å². The number of hydrogen-bond acceptors (Lipinski definition) is 4. The van der Waals surface area contributed by atoms with E-state index in [4.69, 9.17) is 11.6 Å². The fourth-order valence-corrected chi connectivity index (χ4v) is 5.25. The van der Waals surface area contributed by atoms with Gasteiger partial charge in [0, 0.05) is 4.88 Å². The second-order valence-corrected chi connectivity index (χ2v) is 8.27. The molecule has 3 heterocycles. The van der Waals surface area contributed by atoms with Crippen molar-refractivity contribution in [3.05, 3.63) is 49.0 Å². The molecule has 1 aliphatic carbocycles. The minimum absolute atomic E-state index is 0.0751. The Kier molecular flexibility index (Phi) is 3.87. The summed E-state index contributed by atoms with van der Waals surface area (Å²) in [5.41, 5.74) is 2.14. The van der Waals surface area contributed by atoms with Crippen LogP contribution in [0.3, 0.4) is 0 Å². The quantitative estimate of drug-likeness (QED) is 0.704. The van der Waals surface area contributed by atoms with E-state index in [1.165, 1.54) is 10.4 Å². The zero-order valence-corrected chi connectivity index (χ0v) is 14.9. The van der Waals surface area contributed by atoms with Crippen LogP contribution in [0.1, 0.15) is 35.2 Å². The van der Waals surface area contributed by atoms with Crippen LogP contribution >= 0.6 is 34.3 Å². The molecule has 1 atom stereocenters. The molecule has 1 aliphatic rings. The number of H-pyrrole nitrogens is 1. The van der Waals surface area contributed by atoms with Gasteiger partial charge in [-0.3, -0.25) is 4.79 Å². The summed E-state index contributed by atoms with van der Waals surface area (Å²) < 4.78 is 0. The van der Waals surface area contributed by atoms with Crippen LogP contribution in [0.15, 0.2) is 21.6 Å². The Balaban J connectivity index is 1.83. The van der Waals surface area contributed by atoms with Crippen molar-refractivity contribution in [2.75, 3.05) is 0 Å². The molecule has 0 saturated heterocycles. The Morgan fingerprint density at radius 3 is 3.17 bits per heavy atom. The topological polar surface area (TPSA) is 45.8 Å². The fourth-order valence-electron chi connectivity index (χ4n) is 3.03. The fraction of sp³-hybridized carbons (Fsp3) is 0.294. The molecule has 3 aromatic rings. The van der Waals surface area contributed by atoms with Crippen LogP contribution in [0.5, 0.6) is 0 Å². The second-order valence-electron chi connectivity index (χ2n) is 6.00. The Labute approximate surface area is 146 Å². The molecule has 3 aromatic heterocycles. The van der Waals surface area contributed by atoms with Gasteiger partial charge in [-0.15, -0.1) is 11.3 Å². The van der Waals surface area contributed by atoms with Crippen LogP contribution in [-0.4, -0.2) is 9.97 Å². The van der Waals surface area contributed by atoms with E-state index in [2.05, 4.69) is 16.9 Å². The maximum atomic E-state index is 12.5. The minimum atomic E-state index is -0.0751. The lowest BCUT2D eigenvalue weighted by Gasteiger charge is -2.17. The molecule has 0 saturated carbocycles. The molecule has 0 unspecified atom stereocenters. The normalized spacial score (nSPS) is 18.3. The van der Waals surface area contributed by atoms with Crippen molar-refractivity contribution in [2.45, 2.75) is 26.2 Å². The van der Waals surface area contributed by atoms with Gasteiger partial charge >= 0.3 is 0 Å². The van der Waals surface area contributed by atoms with E-state index in [-0.39, 0.29) is 5.56 Å². The third-order valence-corrected chi connectivity index (χ3v) is 6.37. The smallest absolute Gasteiger partial charge is 0.260 e. The molecule has 23 heavy (non-hydrogen) atoms. The monoisotopic (exact) mass is 362 g/mol. The first-order valence-electron chi connectivity index (χ1n) is 7.56. The summed E-state index contributed by atoms with van der Waals surface area (Å²) in [5, 5.41) is 5.22. The highest BCUT2D eigenvalue weighted by atomic mass is 35.5. The first-order valence-corrected chi connectivity index (χ1v) is 9.70. The number of rotatable bonds is 2. The number of halogens is 1. The van der Waals surface area contributed by atoms with Crippen LogP contribution < -0.4 is 5.56 Å². The standard InChI is InChI=1S/C17H15ClN2OS2/c1-9-2-3-11-13(6-9)23-17-14(11)16(21)19-15(20-17)12(18)7-10-4-5-22-8-10/h4-5,7-9H,2-3,6H2,1H3,(H,19,20,21)/b12-7-/t9-/m1/s1. The van der Waals surface area contributed by atoms with Gasteiger partial charge in [-0.2, -0.15) is 11.3 Å². The van der Waals surface area contributed by atoms with Crippen molar-refractivity contribution in [3.8, 4) is 0 Å². The molecular formula is C17H15ClN2OS2. The molecule has 0 bridgehead atoms. The number of fused-ring (bicyclic) bond motifs is 3. The highest BCUT2D eigenvalue weighted by molar-refractivity contribution is 7.18. The van der Waals surface area contributed by atoms with E-state index >= 15 is 0 Å². The Morgan fingerprint density at radius 1 is 1.52 bits per heavy atom. The maximum Gasteiger partial charge on any atom is 0.260 e. The number of aryl methyl sites for hydroxylation is 1. The largest absolute Gasteiger partial charge is 0.305 e. The van der Waals surface area contributed by atoms with Crippen molar-refractivity contribution < 1.29 is 0 Å². The summed E-state index contributed by atoms with van der Waals surface area (Å²) in [6, 6.07) is 1.98. The number of nitrogens with one attached hydrogen (secondary N) is 1. The molecule has 6 heteroatoms. The lowest BCUT2D eigenvalue weighted by atomic mass is 9.89. The number of hydrogen-bond donors (Lipinski definition) is 1. The number of aromatic amines is 1. The number of thiophene rings is 2. The van der Waals surface area contributed by atoms with E-state index in [1.807, 2.05) is 22.9 Å². The first kappa shape index (κ1) is 15.1. The van der Waals surface area contributed by atoms with Gasteiger partial charge < -0.3 is 4.98 Å². The van der Waals surface area contributed by atoms with Crippen LogP contribution in [0.25, 0.3) is 21.3 Å². The van der Waals surface area contributed by atoms with Crippen LogP contribution in [-0.2, 0) is 12.8 Å². The molecule has 0 spiro atoms. The van der Waals surface area contributed by atoms with E-state index in [0.29, 0.717) is 16.8 Å². The molecule has 0 fully saturated rings. The van der Waals surface area contributed by atoms with Gasteiger partial charge in [0.05, 0.1) is 10.4 Å². The highest BCUT2D eigenvalue weighted by Gasteiger charge is 2.23. The average Bonchev–Trinajstić information content (AvgIpc) is 3.13. The van der Waals surface area contributed by atoms with Crippen molar-refractivity contribution in [1.82, 2.24) is 9.97 Å². The average molecular weight is 363 g/mol.